The fraction of sp³-hybridized carbons (Fsp3) is 0.471. The normalized spacial score (nSPS) is 17.7. The maximum Gasteiger partial charge on any atom is 0.333 e. The van der Waals surface area contributed by atoms with Crippen molar-refractivity contribution in [2.45, 2.75) is 44.4 Å². The Hall–Kier alpha value is -1.57. The molecule has 0 amide bonds. The molecule has 0 aliphatic heterocycles. The summed E-state index contributed by atoms with van der Waals surface area (Å²) in [7, 11) is 0. The fourth-order valence-electron chi connectivity index (χ4n) is 2.86. The summed E-state index contributed by atoms with van der Waals surface area (Å²) >= 11 is 0. The van der Waals surface area contributed by atoms with Gasteiger partial charge in [-0.1, -0.05) is 56.2 Å². The molecule has 0 heterocycles. The highest BCUT2D eigenvalue weighted by atomic mass is 16.5. The minimum Gasteiger partial charge on any atom is -0.461 e. The predicted molar refractivity (Wildman–Crippen MR) is 77.0 cm³/mol. The van der Waals surface area contributed by atoms with Crippen molar-refractivity contribution < 1.29 is 9.53 Å². The van der Waals surface area contributed by atoms with Gasteiger partial charge in [0.05, 0.1) is 0 Å². The molecule has 19 heavy (non-hydrogen) atoms. The van der Waals surface area contributed by atoms with Crippen molar-refractivity contribution in [2.24, 2.45) is 0 Å². The number of hydrogen-bond donors (Lipinski definition) is 0. The molecule has 1 aromatic carbocycles. The number of ether oxygens (including phenoxy) is 1. The largest absolute Gasteiger partial charge is 0.461 e. The van der Waals surface area contributed by atoms with Gasteiger partial charge in [0.2, 0.25) is 0 Å². The van der Waals surface area contributed by atoms with Gasteiger partial charge in [0, 0.05) is 11.0 Å². The molecule has 1 fully saturated rings. The van der Waals surface area contributed by atoms with Gasteiger partial charge in [0.25, 0.3) is 0 Å². The van der Waals surface area contributed by atoms with Crippen molar-refractivity contribution in [3.05, 3.63) is 48.0 Å². The van der Waals surface area contributed by atoms with Gasteiger partial charge < -0.3 is 4.74 Å². The standard InChI is InChI=1S/C17H22O2/c1-14(2)16(18)19-13-17(11-7-4-8-12-17)15-9-5-3-6-10-15/h3,5-6,9-10H,1,4,7-8,11-13H2,2H3. The molecule has 0 spiro atoms. The molecule has 2 nitrogen and oxygen atoms in total. The van der Waals surface area contributed by atoms with Gasteiger partial charge in [0.15, 0.2) is 0 Å². The highest BCUT2D eigenvalue weighted by Gasteiger charge is 2.35. The number of benzene rings is 1. The second-order valence-corrected chi connectivity index (χ2v) is 5.56. The van der Waals surface area contributed by atoms with E-state index < -0.39 is 0 Å². The number of carbonyl (C=O) groups is 1. The van der Waals surface area contributed by atoms with Crippen LogP contribution in [0.1, 0.15) is 44.6 Å². The zero-order chi connectivity index (χ0) is 13.7. The summed E-state index contributed by atoms with van der Waals surface area (Å²) in [4.78, 5) is 11.6. The van der Waals surface area contributed by atoms with Crippen LogP contribution in [-0.4, -0.2) is 12.6 Å². The van der Waals surface area contributed by atoms with Crippen molar-refractivity contribution in [1.29, 1.82) is 0 Å². The summed E-state index contributed by atoms with van der Waals surface area (Å²) in [6, 6.07) is 10.5. The first-order valence-electron chi connectivity index (χ1n) is 7.02. The van der Waals surface area contributed by atoms with Gasteiger partial charge in [0.1, 0.15) is 6.61 Å². The Morgan fingerprint density at radius 3 is 2.42 bits per heavy atom. The highest BCUT2D eigenvalue weighted by Crippen LogP contribution is 2.39. The Balaban J connectivity index is 2.16. The molecule has 0 aromatic heterocycles. The maximum absolute atomic E-state index is 11.6. The predicted octanol–water partition coefficient (Wildman–Crippen LogP) is 4.01. The van der Waals surface area contributed by atoms with Crippen LogP contribution in [0.15, 0.2) is 42.5 Å². The maximum atomic E-state index is 11.6. The molecule has 2 heteroatoms. The molecule has 2 rings (SSSR count). The van der Waals surface area contributed by atoms with Crippen LogP contribution in [0.4, 0.5) is 0 Å². The summed E-state index contributed by atoms with van der Waals surface area (Å²) in [5, 5.41) is 0. The molecule has 0 bridgehead atoms. The molecular formula is C17H22O2. The average Bonchev–Trinajstić information content (AvgIpc) is 2.46. The van der Waals surface area contributed by atoms with Crippen LogP contribution < -0.4 is 0 Å². The van der Waals surface area contributed by atoms with Gasteiger partial charge >= 0.3 is 5.97 Å². The smallest absolute Gasteiger partial charge is 0.333 e. The third kappa shape index (κ3) is 3.25. The van der Waals surface area contributed by atoms with Crippen LogP contribution in [0.5, 0.6) is 0 Å². The molecule has 0 atom stereocenters. The molecular weight excluding hydrogens is 236 g/mol. The first-order valence-corrected chi connectivity index (χ1v) is 7.02. The quantitative estimate of drug-likeness (QED) is 0.602. The molecule has 1 aromatic rings. The molecule has 0 N–H and O–H groups in total. The van der Waals surface area contributed by atoms with Gasteiger partial charge in [-0.15, -0.1) is 0 Å². The van der Waals surface area contributed by atoms with Crippen LogP contribution in [-0.2, 0) is 14.9 Å². The summed E-state index contributed by atoms with van der Waals surface area (Å²) < 4.78 is 5.46. The van der Waals surface area contributed by atoms with Crippen LogP contribution in [0.3, 0.4) is 0 Å². The lowest BCUT2D eigenvalue weighted by Gasteiger charge is -2.37. The summed E-state index contributed by atoms with van der Waals surface area (Å²) in [5.41, 5.74) is 1.77. The van der Waals surface area contributed by atoms with Crippen molar-refractivity contribution >= 4 is 5.97 Å². The zero-order valence-electron chi connectivity index (χ0n) is 11.7. The summed E-state index contributed by atoms with van der Waals surface area (Å²) in [5.74, 6) is -0.277. The van der Waals surface area contributed by atoms with Crippen LogP contribution in [0.2, 0.25) is 0 Å². The molecule has 0 unspecified atom stereocenters. The van der Waals surface area contributed by atoms with Crippen LogP contribution >= 0.6 is 0 Å². The number of rotatable bonds is 4. The molecule has 0 radical (unpaired) electrons. The van der Waals surface area contributed by atoms with E-state index in [1.807, 2.05) is 6.07 Å². The molecule has 1 aliphatic rings. The van der Waals surface area contributed by atoms with E-state index in [0.717, 1.165) is 12.8 Å². The molecule has 1 saturated carbocycles. The second kappa shape index (κ2) is 6.05. The zero-order valence-corrected chi connectivity index (χ0v) is 11.7. The highest BCUT2D eigenvalue weighted by molar-refractivity contribution is 5.86. The SMILES string of the molecule is C=C(C)C(=O)OCC1(c2ccccc2)CCCCC1. The fourth-order valence-corrected chi connectivity index (χ4v) is 2.86. The van der Waals surface area contributed by atoms with E-state index >= 15 is 0 Å². The van der Waals surface area contributed by atoms with Gasteiger partial charge in [-0.25, -0.2) is 4.79 Å². The summed E-state index contributed by atoms with van der Waals surface area (Å²) in [6.45, 7) is 5.81. The molecule has 1 aliphatic carbocycles. The average molecular weight is 258 g/mol. The van der Waals surface area contributed by atoms with Gasteiger partial charge in [-0.05, 0) is 25.3 Å². The Morgan fingerprint density at radius 2 is 1.84 bits per heavy atom. The Morgan fingerprint density at radius 1 is 1.21 bits per heavy atom. The van der Waals surface area contributed by atoms with Crippen molar-refractivity contribution in [2.75, 3.05) is 6.61 Å². The van der Waals surface area contributed by atoms with E-state index in [4.69, 9.17) is 4.74 Å². The van der Waals surface area contributed by atoms with Crippen molar-refractivity contribution in [3.63, 3.8) is 0 Å². The van der Waals surface area contributed by atoms with E-state index in [9.17, 15) is 4.79 Å². The summed E-state index contributed by atoms with van der Waals surface area (Å²) in [6.07, 6.45) is 5.89. The third-order valence-electron chi connectivity index (χ3n) is 4.02. The van der Waals surface area contributed by atoms with E-state index in [1.54, 1.807) is 6.92 Å². The van der Waals surface area contributed by atoms with E-state index in [2.05, 4.69) is 30.8 Å². The van der Waals surface area contributed by atoms with E-state index in [0.29, 0.717) is 12.2 Å². The van der Waals surface area contributed by atoms with Gasteiger partial charge in [-0.3, -0.25) is 0 Å². The lowest BCUT2D eigenvalue weighted by Crippen LogP contribution is -2.35. The molecule has 102 valence electrons. The van der Waals surface area contributed by atoms with Crippen LogP contribution in [0, 0.1) is 0 Å². The Bertz CT molecular complexity index is 442. The Kier molecular flexibility index (Phi) is 4.41. The topological polar surface area (TPSA) is 26.3 Å². The van der Waals surface area contributed by atoms with Gasteiger partial charge in [-0.2, -0.15) is 0 Å². The third-order valence-corrected chi connectivity index (χ3v) is 4.02. The van der Waals surface area contributed by atoms with E-state index in [1.165, 1.54) is 24.8 Å². The number of esters is 1. The Labute approximate surface area is 115 Å². The van der Waals surface area contributed by atoms with Crippen molar-refractivity contribution in [3.8, 4) is 0 Å². The lowest BCUT2D eigenvalue weighted by molar-refractivity contribution is -0.141. The first-order chi connectivity index (χ1) is 9.14. The van der Waals surface area contributed by atoms with Crippen LogP contribution in [0.25, 0.3) is 0 Å². The second-order valence-electron chi connectivity index (χ2n) is 5.56. The van der Waals surface area contributed by atoms with E-state index in [-0.39, 0.29) is 11.4 Å². The monoisotopic (exact) mass is 258 g/mol. The minimum atomic E-state index is -0.277. The first kappa shape index (κ1) is 13.9. The minimum absolute atomic E-state index is 0.00458. The lowest BCUT2D eigenvalue weighted by atomic mass is 9.70. The molecule has 0 saturated heterocycles. The number of hydrogen-bond acceptors (Lipinski definition) is 2. The van der Waals surface area contributed by atoms with Crippen molar-refractivity contribution in [1.82, 2.24) is 0 Å². The number of carbonyl (C=O) groups excluding carboxylic acids is 1.